The van der Waals surface area contributed by atoms with Gasteiger partial charge < -0.3 is 10.5 Å². The zero-order chi connectivity index (χ0) is 15.0. The Morgan fingerprint density at radius 1 is 1.25 bits per heavy atom. The molecule has 1 aromatic rings. The van der Waals surface area contributed by atoms with Gasteiger partial charge in [0.05, 0.1) is 17.4 Å². The highest BCUT2D eigenvalue weighted by Gasteiger charge is 2.67. The van der Waals surface area contributed by atoms with E-state index in [1.54, 1.807) is 0 Å². The van der Waals surface area contributed by atoms with Crippen molar-refractivity contribution in [1.82, 2.24) is 0 Å². The Balaban J connectivity index is 2.28. The fraction of sp³-hybridized carbons (Fsp3) is 0.600. The first-order valence-electron chi connectivity index (χ1n) is 6.99. The molecule has 1 aromatic carbocycles. The van der Waals surface area contributed by atoms with Gasteiger partial charge in [0, 0.05) is 18.8 Å². The average Bonchev–Trinajstić information content (AvgIpc) is 3.03. The Kier molecular flexibility index (Phi) is 4.23. The van der Waals surface area contributed by atoms with Gasteiger partial charge in [-0.1, -0.05) is 31.2 Å². The van der Waals surface area contributed by atoms with Gasteiger partial charge in [-0.3, -0.25) is 0 Å². The Bertz CT molecular complexity index is 567. The van der Waals surface area contributed by atoms with Gasteiger partial charge in [-0.05, 0) is 24.5 Å². The number of sulfone groups is 1. The molecule has 4 nitrogen and oxygen atoms in total. The molecule has 20 heavy (non-hydrogen) atoms. The molecule has 1 aliphatic rings. The first-order valence-corrected chi connectivity index (χ1v) is 8.94. The van der Waals surface area contributed by atoms with Crippen molar-refractivity contribution in [2.24, 2.45) is 5.73 Å². The number of aryl methyl sites for hydroxylation is 1. The van der Waals surface area contributed by atoms with Crippen molar-refractivity contribution >= 4 is 9.84 Å². The van der Waals surface area contributed by atoms with Crippen molar-refractivity contribution < 1.29 is 13.2 Å². The largest absolute Gasteiger partial charge is 0.380 e. The molecule has 0 unspecified atom stereocenters. The molecule has 0 aromatic heterocycles. The van der Waals surface area contributed by atoms with Gasteiger partial charge in [0.15, 0.2) is 9.84 Å². The minimum Gasteiger partial charge on any atom is -0.380 e. The molecule has 0 spiro atoms. The Morgan fingerprint density at radius 3 is 2.30 bits per heavy atom. The summed E-state index contributed by atoms with van der Waals surface area (Å²) in [6, 6.07) is 8.05. The molecule has 2 rings (SSSR count). The van der Waals surface area contributed by atoms with Gasteiger partial charge in [0.2, 0.25) is 0 Å². The van der Waals surface area contributed by atoms with E-state index < -0.39 is 20.6 Å². The highest BCUT2D eigenvalue weighted by molar-refractivity contribution is 7.91. The maximum Gasteiger partial charge on any atom is 0.152 e. The quantitative estimate of drug-likeness (QED) is 0.864. The molecule has 3 atom stereocenters. The van der Waals surface area contributed by atoms with Crippen molar-refractivity contribution in [2.45, 2.75) is 37.0 Å². The van der Waals surface area contributed by atoms with Crippen LogP contribution in [0.5, 0.6) is 0 Å². The Labute approximate surface area is 121 Å². The topological polar surface area (TPSA) is 69.4 Å². The molecular formula is C15H23NO3S. The SMILES string of the molecule is CCOC[C@]1(N)[C@@H](c2ccc(CC)cc2)[C@@H]1S(C)(=O)=O. The van der Waals surface area contributed by atoms with Gasteiger partial charge in [-0.25, -0.2) is 8.42 Å². The first-order chi connectivity index (χ1) is 9.34. The first kappa shape index (κ1) is 15.5. The van der Waals surface area contributed by atoms with Crippen LogP contribution >= 0.6 is 0 Å². The van der Waals surface area contributed by atoms with Crippen LogP contribution in [0.1, 0.15) is 30.9 Å². The Morgan fingerprint density at radius 2 is 1.85 bits per heavy atom. The van der Waals surface area contributed by atoms with E-state index in [9.17, 15) is 8.42 Å². The average molecular weight is 297 g/mol. The minimum atomic E-state index is -3.19. The molecule has 0 aliphatic heterocycles. The van der Waals surface area contributed by atoms with Gasteiger partial charge >= 0.3 is 0 Å². The van der Waals surface area contributed by atoms with Gasteiger partial charge in [-0.2, -0.15) is 0 Å². The zero-order valence-corrected chi connectivity index (χ0v) is 13.1. The second kappa shape index (κ2) is 5.47. The summed E-state index contributed by atoms with van der Waals surface area (Å²) in [7, 11) is -3.19. The molecule has 112 valence electrons. The maximum atomic E-state index is 11.9. The number of rotatable bonds is 6. The summed E-state index contributed by atoms with van der Waals surface area (Å²) < 4.78 is 29.3. The fourth-order valence-electron chi connectivity index (χ4n) is 2.97. The van der Waals surface area contributed by atoms with Crippen LogP contribution in [-0.2, 0) is 21.0 Å². The van der Waals surface area contributed by atoms with Crippen molar-refractivity contribution in [3.8, 4) is 0 Å². The lowest BCUT2D eigenvalue weighted by molar-refractivity contribution is 0.125. The molecule has 0 heterocycles. The summed E-state index contributed by atoms with van der Waals surface area (Å²) in [6.07, 6.45) is 2.22. The molecule has 0 bridgehead atoms. The van der Waals surface area contributed by atoms with Crippen LogP contribution in [-0.4, -0.2) is 38.7 Å². The molecule has 5 heteroatoms. The molecule has 2 N–H and O–H groups in total. The molecule has 0 amide bonds. The fourth-order valence-corrected chi connectivity index (χ4v) is 4.80. The van der Waals surface area contributed by atoms with Crippen molar-refractivity contribution in [3.63, 3.8) is 0 Å². The Hall–Kier alpha value is -0.910. The van der Waals surface area contributed by atoms with Gasteiger partial charge in [0.25, 0.3) is 0 Å². The summed E-state index contributed by atoms with van der Waals surface area (Å²) in [6.45, 7) is 4.79. The number of ether oxygens (including phenoxy) is 1. The van der Waals surface area contributed by atoms with E-state index in [0.717, 1.165) is 12.0 Å². The third-order valence-corrected chi connectivity index (χ3v) is 5.70. The lowest BCUT2D eigenvalue weighted by atomic mass is 10.0. The van der Waals surface area contributed by atoms with E-state index in [0.29, 0.717) is 6.61 Å². The van der Waals surface area contributed by atoms with Crippen LogP contribution in [0.15, 0.2) is 24.3 Å². The number of benzene rings is 1. The smallest absolute Gasteiger partial charge is 0.152 e. The van der Waals surface area contributed by atoms with Crippen molar-refractivity contribution in [2.75, 3.05) is 19.5 Å². The van der Waals surface area contributed by atoms with Gasteiger partial charge in [-0.15, -0.1) is 0 Å². The van der Waals surface area contributed by atoms with Crippen LogP contribution in [0.4, 0.5) is 0 Å². The summed E-state index contributed by atoms with van der Waals surface area (Å²) in [4.78, 5) is 0. The lowest BCUT2D eigenvalue weighted by Crippen LogP contribution is -2.36. The standard InChI is InChI=1S/C15H23NO3S/c1-4-11-6-8-12(9-7-11)13-14(20(3,17)18)15(13,16)10-19-5-2/h6-9,13-14H,4-5,10,16H2,1-3H3/t13-,14-,15-/m0/s1. The third kappa shape index (κ3) is 2.75. The van der Waals surface area contributed by atoms with Crippen LogP contribution in [0.3, 0.4) is 0 Å². The van der Waals surface area contributed by atoms with E-state index >= 15 is 0 Å². The summed E-state index contributed by atoms with van der Waals surface area (Å²) in [5.41, 5.74) is 7.73. The summed E-state index contributed by atoms with van der Waals surface area (Å²) in [5, 5.41) is -0.547. The summed E-state index contributed by atoms with van der Waals surface area (Å²) in [5.74, 6) is -0.171. The van der Waals surface area contributed by atoms with Crippen LogP contribution in [0.25, 0.3) is 0 Å². The van der Waals surface area contributed by atoms with E-state index in [2.05, 4.69) is 6.92 Å². The van der Waals surface area contributed by atoms with E-state index in [4.69, 9.17) is 10.5 Å². The van der Waals surface area contributed by atoms with Crippen molar-refractivity contribution in [1.29, 1.82) is 0 Å². The number of nitrogens with two attached hydrogens (primary N) is 1. The van der Waals surface area contributed by atoms with E-state index in [-0.39, 0.29) is 12.5 Å². The van der Waals surface area contributed by atoms with Crippen LogP contribution in [0, 0.1) is 0 Å². The monoisotopic (exact) mass is 297 g/mol. The lowest BCUT2D eigenvalue weighted by Gasteiger charge is -2.11. The summed E-state index contributed by atoms with van der Waals surface area (Å²) >= 11 is 0. The molecule has 1 aliphatic carbocycles. The van der Waals surface area contributed by atoms with E-state index in [1.807, 2.05) is 31.2 Å². The normalized spacial score (nSPS) is 29.4. The predicted molar refractivity (Wildman–Crippen MR) is 80.6 cm³/mol. The number of hydrogen-bond acceptors (Lipinski definition) is 4. The second-order valence-corrected chi connectivity index (χ2v) is 7.74. The highest BCUT2D eigenvalue weighted by Crippen LogP contribution is 2.54. The predicted octanol–water partition coefficient (Wildman–Crippen LogP) is 1.49. The van der Waals surface area contributed by atoms with E-state index in [1.165, 1.54) is 11.8 Å². The molecule has 1 saturated carbocycles. The molecule has 0 saturated heterocycles. The van der Waals surface area contributed by atoms with Gasteiger partial charge in [0.1, 0.15) is 0 Å². The second-order valence-electron chi connectivity index (χ2n) is 5.57. The number of hydrogen-bond donors (Lipinski definition) is 1. The minimum absolute atomic E-state index is 0.171. The molecule has 1 fully saturated rings. The van der Waals surface area contributed by atoms with Crippen LogP contribution in [0.2, 0.25) is 0 Å². The van der Waals surface area contributed by atoms with Crippen molar-refractivity contribution in [3.05, 3.63) is 35.4 Å². The van der Waals surface area contributed by atoms with Crippen LogP contribution < -0.4 is 5.73 Å². The molecular weight excluding hydrogens is 274 g/mol. The highest BCUT2D eigenvalue weighted by atomic mass is 32.2. The molecule has 0 radical (unpaired) electrons. The maximum absolute atomic E-state index is 11.9. The third-order valence-electron chi connectivity index (χ3n) is 4.07. The zero-order valence-electron chi connectivity index (χ0n) is 12.3.